The zero-order valence-electron chi connectivity index (χ0n) is 7.46. The number of fused-ring (bicyclic) bond motifs is 1. The maximum absolute atomic E-state index is 5.28. The van der Waals surface area contributed by atoms with E-state index in [1.165, 1.54) is 5.56 Å². The van der Waals surface area contributed by atoms with Gasteiger partial charge < -0.3 is 9.47 Å². The Kier molecular flexibility index (Phi) is 1.56. The second-order valence-electron chi connectivity index (χ2n) is 3.26. The van der Waals surface area contributed by atoms with E-state index in [2.05, 4.69) is 11.1 Å². The van der Waals surface area contributed by atoms with Gasteiger partial charge in [-0.2, -0.15) is 0 Å². The third kappa shape index (κ3) is 1.02. The van der Waals surface area contributed by atoms with Crippen molar-refractivity contribution < 1.29 is 9.47 Å². The molecule has 0 saturated carbocycles. The van der Waals surface area contributed by atoms with E-state index in [1.807, 2.05) is 24.4 Å². The summed E-state index contributed by atoms with van der Waals surface area (Å²) in [7, 11) is 0. The normalized spacial score (nSPS) is 23.3. The van der Waals surface area contributed by atoms with E-state index in [9.17, 15) is 0 Å². The largest absolute Gasteiger partial charge is 0.457 e. The Morgan fingerprint density at radius 1 is 1.07 bits per heavy atom. The van der Waals surface area contributed by atoms with Gasteiger partial charge in [-0.3, -0.25) is 4.99 Å². The number of hydrogen-bond acceptors (Lipinski definition) is 3. The van der Waals surface area contributed by atoms with Crippen LogP contribution < -0.4 is 0 Å². The summed E-state index contributed by atoms with van der Waals surface area (Å²) in [5, 5.41) is 0. The molecule has 3 heteroatoms. The minimum absolute atomic E-state index is 0.0267. The summed E-state index contributed by atoms with van der Waals surface area (Å²) in [5.41, 5.74) is 2.32. The molecule has 0 bridgehead atoms. The lowest BCUT2D eigenvalue weighted by Crippen LogP contribution is -2.16. The highest BCUT2D eigenvalue weighted by Crippen LogP contribution is 2.32. The summed E-state index contributed by atoms with van der Waals surface area (Å²) in [4.78, 5) is 4.37. The molecular weight excluding hydrogens is 178 g/mol. The highest BCUT2D eigenvalue weighted by Gasteiger charge is 2.30. The first kappa shape index (κ1) is 7.62. The van der Waals surface area contributed by atoms with Crippen molar-refractivity contribution in [1.29, 1.82) is 0 Å². The molecule has 1 atom stereocenters. The van der Waals surface area contributed by atoms with Crippen LogP contribution in [0.1, 0.15) is 17.2 Å². The first-order valence-corrected chi connectivity index (χ1v) is 4.53. The van der Waals surface area contributed by atoms with Crippen molar-refractivity contribution in [2.45, 2.75) is 12.3 Å². The Bertz CT molecular complexity index is 404. The molecule has 0 spiro atoms. The first-order valence-electron chi connectivity index (χ1n) is 4.53. The monoisotopic (exact) mass is 187 g/mol. The first-order chi connectivity index (χ1) is 6.95. The fourth-order valence-electron chi connectivity index (χ4n) is 1.76. The molecule has 0 fully saturated rings. The van der Waals surface area contributed by atoms with Gasteiger partial charge in [-0.1, -0.05) is 24.3 Å². The van der Waals surface area contributed by atoms with Crippen LogP contribution in [0.3, 0.4) is 0 Å². The molecule has 1 aromatic rings. The second-order valence-corrected chi connectivity index (χ2v) is 3.26. The summed E-state index contributed by atoms with van der Waals surface area (Å²) >= 11 is 0. The van der Waals surface area contributed by atoms with Gasteiger partial charge in [0.05, 0.1) is 0 Å². The van der Waals surface area contributed by atoms with Gasteiger partial charge in [0.1, 0.15) is 18.6 Å². The lowest BCUT2D eigenvalue weighted by atomic mass is 10.0. The van der Waals surface area contributed by atoms with Gasteiger partial charge in [-0.25, -0.2) is 0 Å². The molecule has 3 nitrogen and oxygen atoms in total. The van der Waals surface area contributed by atoms with E-state index >= 15 is 0 Å². The third-order valence-corrected chi connectivity index (χ3v) is 2.43. The van der Waals surface area contributed by atoms with Crippen molar-refractivity contribution in [3.8, 4) is 0 Å². The molecule has 0 radical (unpaired) electrons. The smallest absolute Gasteiger partial charge is 0.266 e. The van der Waals surface area contributed by atoms with Crippen molar-refractivity contribution in [2.75, 3.05) is 0 Å². The minimum atomic E-state index is -0.296. The molecule has 70 valence electrons. The number of hydrogen-bond donors (Lipinski definition) is 0. The van der Waals surface area contributed by atoms with E-state index in [0.717, 1.165) is 5.56 Å². The Balaban J connectivity index is 1.94. The topological polar surface area (TPSA) is 30.8 Å². The Morgan fingerprint density at radius 2 is 1.86 bits per heavy atom. The molecule has 1 aromatic carbocycles. The number of benzene rings is 1. The van der Waals surface area contributed by atoms with Gasteiger partial charge in [0.25, 0.3) is 6.29 Å². The Hall–Kier alpha value is -1.77. The molecule has 0 saturated heterocycles. The molecule has 14 heavy (non-hydrogen) atoms. The lowest BCUT2D eigenvalue weighted by molar-refractivity contribution is -0.0403. The van der Waals surface area contributed by atoms with Crippen LogP contribution in [0.4, 0.5) is 0 Å². The predicted octanol–water partition coefficient (Wildman–Crippen LogP) is 2.00. The quantitative estimate of drug-likeness (QED) is 0.673. The fourth-order valence-corrected chi connectivity index (χ4v) is 1.76. The average molecular weight is 187 g/mol. The Morgan fingerprint density at radius 3 is 2.71 bits per heavy atom. The van der Waals surface area contributed by atoms with Crippen LogP contribution in [0.25, 0.3) is 0 Å². The molecule has 2 heterocycles. The summed E-state index contributed by atoms with van der Waals surface area (Å²) in [6.07, 6.45) is 4.68. The molecule has 2 aliphatic rings. The molecule has 1 unspecified atom stereocenters. The third-order valence-electron chi connectivity index (χ3n) is 2.43. The summed E-state index contributed by atoms with van der Waals surface area (Å²) in [6, 6.07) is 8.07. The van der Waals surface area contributed by atoms with E-state index in [4.69, 9.17) is 9.47 Å². The molecule has 2 aliphatic heterocycles. The minimum Gasteiger partial charge on any atom is -0.457 e. The van der Waals surface area contributed by atoms with Crippen LogP contribution >= 0.6 is 0 Å². The Labute approximate surface area is 81.7 Å². The van der Waals surface area contributed by atoms with Crippen molar-refractivity contribution in [3.63, 3.8) is 0 Å². The van der Waals surface area contributed by atoms with Gasteiger partial charge in [-0.05, 0) is 11.1 Å². The molecule has 0 N–H and O–H groups in total. The SMILES string of the molecule is C1=COC(C2N=Cc3ccccc32)O1. The van der Waals surface area contributed by atoms with Crippen LogP contribution in [0.2, 0.25) is 0 Å². The van der Waals surface area contributed by atoms with E-state index < -0.39 is 0 Å². The maximum atomic E-state index is 5.28. The zero-order chi connectivity index (χ0) is 9.38. The van der Waals surface area contributed by atoms with Crippen molar-refractivity contribution in [2.24, 2.45) is 4.99 Å². The second kappa shape index (κ2) is 2.87. The summed E-state index contributed by atoms with van der Waals surface area (Å²) in [5.74, 6) is 0. The summed E-state index contributed by atoms with van der Waals surface area (Å²) < 4.78 is 10.6. The molecule has 0 amide bonds. The van der Waals surface area contributed by atoms with Crippen LogP contribution in [-0.2, 0) is 9.47 Å². The number of nitrogens with zero attached hydrogens (tertiary/aromatic N) is 1. The molecule has 0 aliphatic carbocycles. The fraction of sp³-hybridized carbons (Fsp3) is 0.182. The standard InChI is InChI=1S/C11H9NO2/c1-2-4-9-8(3-1)7-12-10(9)11-13-5-6-14-11/h1-7,10-11H. The van der Waals surface area contributed by atoms with Crippen molar-refractivity contribution in [1.82, 2.24) is 0 Å². The highest BCUT2D eigenvalue weighted by molar-refractivity contribution is 5.85. The number of aliphatic imine (C=N–C) groups is 1. The van der Waals surface area contributed by atoms with Crippen LogP contribution in [0.15, 0.2) is 41.8 Å². The van der Waals surface area contributed by atoms with E-state index in [1.54, 1.807) is 12.5 Å². The van der Waals surface area contributed by atoms with Crippen LogP contribution in [-0.4, -0.2) is 12.5 Å². The van der Waals surface area contributed by atoms with Gasteiger partial charge in [-0.15, -0.1) is 0 Å². The van der Waals surface area contributed by atoms with Gasteiger partial charge >= 0.3 is 0 Å². The van der Waals surface area contributed by atoms with Gasteiger partial charge in [0.2, 0.25) is 0 Å². The van der Waals surface area contributed by atoms with E-state index in [0.29, 0.717) is 0 Å². The molecule has 0 aromatic heterocycles. The van der Waals surface area contributed by atoms with Crippen LogP contribution in [0.5, 0.6) is 0 Å². The molecule has 3 rings (SSSR count). The summed E-state index contributed by atoms with van der Waals surface area (Å²) in [6.45, 7) is 0. The van der Waals surface area contributed by atoms with Crippen molar-refractivity contribution in [3.05, 3.63) is 47.9 Å². The predicted molar refractivity (Wildman–Crippen MR) is 51.9 cm³/mol. The number of rotatable bonds is 1. The molecular formula is C11H9NO2. The number of ether oxygens (including phenoxy) is 2. The average Bonchev–Trinajstić information content (AvgIpc) is 2.85. The van der Waals surface area contributed by atoms with Gasteiger partial charge in [0, 0.05) is 6.21 Å². The maximum Gasteiger partial charge on any atom is 0.266 e. The highest BCUT2D eigenvalue weighted by atomic mass is 16.7. The zero-order valence-corrected chi connectivity index (χ0v) is 7.46. The van der Waals surface area contributed by atoms with Gasteiger partial charge in [0.15, 0.2) is 0 Å². The lowest BCUT2D eigenvalue weighted by Gasteiger charge is -2.16. The van der Waals surface area contributed by atoms with E-state index in [-0.39, 0.29) is 12.3 Å². The van der Waals surface area contributed by atoms with Crippen LogP contribution in [0, 0.1) is 0 Å². The van der Waals surface area contributed by atoms with Crippen molar-refractivity contribution >= 4 is 6.21 Å².